The lowest BCUT2D eigenvalue weighted by atomic mass is 10.0. The Balaban J connectivity index is 3.64. The Bertz CT molecular complexity index is 346. The van der Waals surface area contributed by atoms with Crippen LogP contribution in [0.15, 0.2) is 0 Å². The van der Waals surface area contributed by atoms with Crippen LogP contribution in [0, 0.1) is 0 Å². The van der Waals surface area contributed by atoms with Crippen LogP contribution in [0.2, 0.25) is 0 Å². The second-order valence-corrected chi connectivity index (χ2v) is 8.58. The Morgan fingerprint density at radius 3 is 1.17 bits per heavy atom. The van der Waals surface area contributed by atoms with Crippen molar-refractivity contribution in [3.63, 3.8) is 0 Å². The zero-order valence-electron chi connectivity index (χ0n) is 19.3. The predicted molar refractivity (Wildman–Crippen MR) is 121 cm³/mol. The van der Waals surface area contributed by atoms with E-state index >= 15 is 0 Å². The van der Waals surface area contributed by atoms with Crippen LogP contribution in [0.3, 0.4) is 0 Å². The molecule has 0 rings (SSSR count). The van der Waals surface area contributed by atoms with E-state index in [4.69, 9.17) is 0 Å². The Kier molecular flexibility index (Phi) is 20.4. The number of aliphatic hydroxyl groups excluding tert-OH is 3. The molecule has 1 amide bonds. The van der Waals surface area contributed by atoms with Crippen molar-refractivity contribution in [2.24, 2.45) is 0 Å². The fraction of sp³-hybridized carbons (Fsp3) is 0.958. The van der Waals surface area contributed by atoms with Gasteiger partial charge in [-0.15, -0.1) is 0 Å². The van der Waals surface area contributed by atoms with Crippen molar-refractivity contribution in [1.82, 2.24) is 0 Å². The number of aliphatic hydroxyl groups is 3. The molecule has 0 heterocycles. The van der Waals surface area contributed by atoms with Gasteiger partial charge in [0, 0.05) is 0 Å². The van der Waals surface area contributed by atoms with Crippen LogP contribution in [0.4, 0.5) is 0 Å². The molecule has 0 saturated heterocycles. The molecule has 0 spiro atoms. The Labute approximate surface area is 180 Å². The zero-order valence-corrected chi connectivity index (χ0v) is 19.3. The molecule has 5 nitrogen and oxygen atoms in total. The Hall–Kier alpha value is -0.490. The number of amides is 1. The van der Waals surface area contributed by atoms with Gasteiger partial charge in [0.2, 0.25) is 0 Å². The summed E-state index contributed by atoms with van der Waals surface area (Å²) in [4.78, 5) is 12.6. The molecule has 174 valence electrons. The molecule has 0 atom stereocenters. The maximum absolute atomic E-state index is 12.6. The van der Waals surface area contributed by atoms with Crippen LogP contribution < -0.4 is 0 Å². The minimum atomic E-state index is -0.107. The lowest BCUT2D eigenvalue weighted by molar-refractivity contribution is -0.856. The van der Waals surface area contributed by atoms with Gasteiger partial charge in [-0.05, 0) is 6.42 Å². The van der Waals surface area contributed by atoms with Gasteiger partial charge in [-0.25, -0.2) is 4.79 Å². The van der Waals surface area contributed by atoms with E-state index in [-0.39, 0.29) is 49.8 Å². The van der Waals surface area contributed by atoms with E-state index < -0.39 is 0 Å². The summed E-state index contributed by atoms with van der Waals surface area (Å²) in [6.07, 6.45) is 19.9. The van der Waals surface area contributed by atoms with Gasteiger partial charge in [-0.2, -0.15) is 0 Å². The highest BCUT2D eigenvalue weighted by Gasteiger charge is 2.34. The largest absolute Gasteiger partial charge is 0.390 e. The van der Waals surface area contributed by atoms with Crippen molar-refractivity contribution in [1.29, 1.82) is 0 Å². The molecule has 0 aromatic carbocycles. The van der Waals surface area contributed by atoms with Gasteiger partial charge in [0.25, 0.3) is 0 Å². The first-order valence-electron chi connectivity index (χ1n) is 12.4. The number of unbranched alkanes of at least 4 members (excludes halogenated alkanes) is 14. The third kappa shape index (κ3) is 15.0. The van der Waals surface area contributed by atoms with E-state index in [1.54, 1.807) is 0 Å². The fourth-order valence-electron chi connectivity index (χ4n) is 4.17. The number of rotatable bonds is 22. The quantitative estimate of drug-likeness (QED) is 0.178. The number of carbonyl (C=O) groups excluding carboxylic acids is 1. The molecule has 5 heteroatoms. The molecule has 0 aliphatic rings. The van der Waals surface area contributed by atoms with E-state index in [1.807, 2.05) is 0 Å². The van der Waals surface area contributed by atoms with Crippen LogP contribution in [0.5, 0.6) is 0 Å². The van der Waals surface area contributed by atoms with Gasteiger partial charge in [0.1, 0.15) is 19.6 Å². The predicted octanol–water partition coefficient (Wildman–Crippen LogP) is 4.57. The summed E-state index contributed by atoms with van der Waals surface area (Å²) in [5.41, 5.74) is 0. The van der Waals surface area contributed by atoms with Crippen LogP contribution in [-0.2, 0) is 4.79 Å². The van der Waals surface area contributed by atoms with Gasteiger partial charge in [0.15, 0.2) is 0 Å². The molecule has 0 saturated carbocycles. The summed E-state index contributed by atoms with van der Waals surface area (Å²) in [6, 6.07) is 0. The van der Waals surface area contributed by atoms with Crippen molar-refractivity contribution < 1.29 is 24.6 Å². The Morgan fingerprint density at radius 1 is 0.552 bits per heavy atom. The molecule has 0 radical (unpaired) electrons. The highest BCUT2D eigenvalue weighted by atomic mass is 16.3. The molecule has 0 bridgehead atoms. The Morgan fingerprint density at radius 2 is 0.862 bits per heavy atom. The van der Waals surface area contributed by atoms with Gasteiger partial charge in [-0.1, -0.05) is 96.8 Å². The summed E-state index contributed by atoms with van der Waals surface area (Å²) >= 11 is 0. The highest BCUT2D eigenvalue weighted by Crippen LogP contribution is 2.16. The molecule has 0 unspecified atom stereocenters. The minimum Gasteiger partial charge on any atom is -0.390 e. The zero-order chi connectivity index (χ0) is 21.6. The fourth-order valence-corrected chi connectivity index (χ4v) is 4.17. The van der Waals surface area contributed by atoms with E-state index in [9.17, 15) is 20.1 Å². The molecular weight excluding hydrogens is 366 g/mol. The van der Waals surface area contributed by atoms with Crippen LogP contribution >= 0.6 is 0 Å². The van der Waals surface area contributed by atoms with Crippen molar-refractivity contribution >= 4 is 5.91 Å². The average molecular weight is 417 g/mol. The maximum atomic E-state index is 12.6. The SMILES string of the molecule is CCCCCCCCCCCCCCCCCC(=O)[N+](CCO)(CCO)CCO. The lowest BCUT2D eigenvalue weighted by Crippen LogP contribution is -2.57. The van der Waals surface area contributed by atoms with Gasteiger partial charge in [0.05, 0.1) is 26.2 Å². The first kappa shape index (κ1) is 28.5. The molecule has 0 fully saturated rings. The third-order valence-electron chi connectivity index (χ3n) is 6.11. The number of quaternary nitrogens is 1. The smallest absolute Gasteiger partial charge is 0.313 e. The second kappa shape index (κ2) is 20.8. The topological polar surface area (TPSA) is 77.8 Å². The molecular formula is C24H50NO4+. The van der Waals surface area contributed by atoms with Crippen molar-refractivity contribution in [3.05, 3.63) is 0 Å². The van der Waals surface area contributed by atoms with Crippen molar-refractivity contribution in [2.75, 3.05) is 39.5 Å². The molecule has 0 aromatic rings. The van der Waals surface area contributed by atoms with Gasteiger partial charge < -0.3 is 15.3 Å². The maximum Gasteiger partial charge on any atom is 0.313 e. The third-order valence-corrected chi connectivity index (χ3v) is 6.11. The van der Waals surface area contributed by atoms with Gasteiger partial charge >= 0.3 is 5.91 Å². The number of hydrogen-bond acceptors (Lipinski definition) is 4. The van der Waals surface area contributed by atoms with Crippen LogP contribution in [0.1, 0.15) is 110 Å². The van der Waals surface area contributed by atoms with Crippen LogP contribution in [0.25, 0.3) is 0 Å². The molecule has 0 aliphatic heterocycles. The van der Waals surface area contributed by atoms with Crippen molar-refractivity contribution in [3.8, 4) is 0 Å². The van der Waals surface area contributed by atoms with Crippen LogP contribution in [-0.4, -0.2) is 65.2 Å². The number of nitrogens with zero attached hydrogens (tertiary/aromatic N) is 1. The second-order valence-electron chi connectivity index (χ2n) is 8.58. The van der Waals surface area contributed by atoms with E-state index in [0.29, 0.717) is 6.42 Å². The highest BCUT2D eigenvalue weighted by molar-refractivity contribution is 5.69. The summed E-state index contributed by atoms with van der Waals surface area (Å²) in [6.45, 7) is 2.77. The first-order chi connectivity index (χ1) is 14.2. The normalized spacial score (nSPS) is 11.9. The minimum absolute atomic E-state index is 0.00209. The molecule has 3 N–H and O–H groups in total. The van der Waals surface area contributed by atoms with E-state index in [0.717, 1.165) is 12.8 Å². The van der Waals surface area contributed by atoms with Crippen molar-refractivity contribution in [2.45, 2.75) is 110 Å². The summed E-state index contributed by atoms with van der Waals surface area (Å²) in [5.74, 6) is 0.0387. The van der Waals surface area contributed by atoms with E-state index in [2.05, 4.69) is 6.92 Å². The molecule has 29 heavy (non-hydrogen) atoms. The lowest BCUT2D eigenvalue weighted by Gasteiger charge is -2.34. The summed E-state index contributed by atoms with van der Waals surface area (Å²) < 4.78 is 0.00209. The summed E-state index contributed by atoms with van der Waals surface area (Å²) in [7, 11) is 0. The summed E-state index contributed by atoms with van der Waals surface area (Å²) in [5, 5.41) is 27.8. The standard InChI is InChI=1S/C24H50NO4/c1-2-3-4-5-6-7-8-9-10-11-12-13-14-15-16-17-24(29)25(18-21-26,19-22-27)20-23-28/h26-28H,2-23H2,1H3/q+1. The molecule has 0 aliphatic carbocycles. The number of carbonyl (C=O) groups is 1. The van der Waals surface area contributed by atoms with Gasteiger partial charge in [-0.3, -0.25) is 4.48 Å². The number of hydrogen-bond donors (Lipinski definition) is 3. The monoisotopic (exact) mass is 416 g/mol. The van der Waals surface area contributed by atoms with E-state index in [1.165, 1.54) is 83.5 Å². The first-order valence-corrected chi connectivity index (χ1v) is 12.4. The average Bonchev–Trinajstić information content (AvgIpc) is 2.71. The molecule has 0 aromatic heterocycles.